The average Bonchev–Trinajstić information content (AvgIpc) is 2.85. The van der Waals surface area contributed by atoms with Gasteiger partial charge in [0.2, 0.25) is 17.7 Å². The zero-order chi connectivity index (χ0) is 31.5. The number of hydrogen-bond acceptors (Lipinski definition) is 8. The SMILES string of the molecule is CCOC(=O)CCNC(=O)C(c1cccc(C)c1O)N(C(=O)C(CCC(N)=O)NC(=O)OC(C)(C)C)C(C)(C)CC. The zero-order valence-corrected chi connectivity index (χ0v) is 25.5. The predicted molar refractivity (Wildman–Crippen MR) is 153 cm³/mol. The standard InChI is InChI=1S/C29H46N4O8/c1-9-29(7,8)33(26(38)20(14-15-21(30)34)32-27(39)41-28(4,5)6)23(19-13-11-12-18(3)24(19)36)25(37)31-17-16-22(35)40-10-2/h11-13,20,23,36H,9-10,14-17H2,1-8H3,(H2,30,34)(H,31,37)(H,32,39). The molecule has 230 valence electrons. The number of phenolic OH excluding ortho intramolecular Hbond substituents is 1. The average molecular weight is 579 g/mol. The third-order valence-electron chi connectivity index (χ3n) is 6.43. The molecule has 12 heteroatoms. The number of nitrogens with one attached hydrogen (secondary N) is 2. The van der Waals surface area contributed by atoms with E-state index in [1.54, 1.807) is 60.6 Å². The number of nitrogens with zero attached hydrogens (tertiary/aromatic N) is 1. The van der Waals surface area contributed by atoms with Gasteiger partial charge in [0.25, 0.3) is 0 Å². The van der Waals surface area contributed by atoms with E-state index in [-0.39, 0.29) is 43.7 Å². The number of ether oxygens (including phenoxy) is 2. The first-order chi connectivity index (χ1) is 18.9. The molecule has 0 radical (unpaired) electrons. The number of alkyl carbamates (subject to hydrolysis) is 1. The molecular weight excluding hydrogens is 532 g/mol. The number of aryl methyl sites for hydroxylation is 1. The minimum atomic E-state index is -1.36. The van der Waals surface area contributed by atoms with Crippen LogP contribution in [0, 0.1) is 6.92 Å². The molecule has 0 fully saturated rings. The Morgan fingerprint density at radius 2 is 1.68 bits per heavy atom. The Morgan fingerprint density at radius 3 is 2.22 bits per heavy atom. The van der Waals surface area contributed by atoms with Crippen molar-refractivity contribution in [1.29, 1.82) is 0 Å². The lowest BCUT2D eigenvalue weighted by molar-refractivity contribution is -0.150. The molecular formula is C29H46N4O8. The molecule has 0 aliphatic rings. The summed E-state index contributed by atoms with van der Waals surface area (Å²) in [5.41, 5.74) is 4.13. The number of para-hydroxylation sites is 1. The molecule has 0 aliphatic carbocycles. The summed E-state index contributed by atoms with van der Waals surface area (Å²) in [5.74, 6) is -2.71. The molecule has 4 amide bonds. The van der Waals surface area contributed by atoms with Gasteiger partial charge in [0, 0.05) is 24.1 Å². The lowest BCUT2D eigenvalue weighted by Crippen LogP contribution is -2.59. The number of phenols is 1. The van der Waals surface area contributed by atoms with Crippen molar-refractivity contribution in [2.75, 3.05) is 13.2 Å². The molecule has 2 unspecified atom stereocenters. The molecule has 1 aromatic rings. The van der Waals surface area contributed by atoms with Gasteiger partial charge >= 0.3 is 12.1 Å². The minimum Gasteiger partial charge on any atom is -0.507 e. The summed E-state index contributed by atoms with van der Waals surface area (Å²) < 4.78 is 10.3. The van der Waals surface area contributed by atoms with E-state index in [1.807, 2.05) is 6.92 Å². The molecule has 1 aromatic carbocycles. The Bertz CT molecular complexity index is 1100. The molecule has 0 heterocycles. The molecule has 0 spiro atoms. The van der Waals surface area contributed by atoms with E-state index < -0.39 is 53.0 Å². The molecule has 0 saturated heterocycles. The number of nitrogens with two attached hydrogens (primary N) is 1. The molecule has 12 nitrogen and oxygen atoms in total. The third kappa shape index (κ3) is 10.9. The number of carbonyl (C=O) groups excluding carboxylic acids is 5. The Kier molecular flexibility index (Phi) is 13.1. The fourth-order valence-electron chi connectivity index (χ4n) is 4.02. The summed E-state index contributed by atoms with van der Waals surface area (Å²) in [5, 5.41) is 16.2. The molecule has 0 aliphatic heterocycles. The first-order valence-electron chi connectivity index (χ1n) is 13.8. The van der Waals surface area contributed by atoms with Crippen LogP contribution in [0.2, 0.25) is 0 Å². The second-order valence-electron chi connectivity index (χ2n) is 11.3. The van der Waals surface area contributed by atoms with E-state index in [0.717, 1.165) is 0 Å². The van der Waals surface area contributed by atoms with Gasteiger partial charge in [0.15, 0.2) is 0 Å². The summed E-state index contributed by atoms with van der Waals surface area (Å²) in [6, 6.07) is 2.18. The summed E-state index contributed by atoms with van der Waals surface area (Å²) in [4.78, 5) is 65.6. The van der Waals surface area contributed by atoms with Gasteiger partial charge < -0.3 is 35.8 Å². The van der Waals surface area contributed by atoms with Crippen LogP contribution in [-0.2, 0) is 28.7 Å². The maximum absolute atomic E-state index is 14.3. The van der Waals surface area contributed by atoms with E-state index in [2.05, 4.69) is 10.6 Å². The van der Waals surface area contributed by atoms with Crippen molar-refractivity contribution in [2.24, 2.45) is 5.73 Å². The molecule has 0 aromatic heterocycles. The smallest absolute Gasteiger partial charge is 0.408 e. The Hall–Kier alpha value is -3.83. The van der Waals surface area contributed by atoms with Crippen LogP contribution in [0.5, 0.6) is 5.75 Å². The highest BCUT2D eigenvalue weighted by Crippen LogP contribution is 2.37. The van der Waals surface area contributed by atoms with Gasteiger partial charge in [-0.1, -0.05) is 25.1 Å². The van der Waals surface area contributed by atoms with E-state index in [9.17, 15) is 29.1 Å². The third-order valence-corrected chi connectivity index (χ3v) is 6.43. The van der Waals surface area contributed by atoms with Gasteiger partial charge in [-0.25, -0.2) is 4.79 Å². The highest BCUT2D eigenvalue weighted by Gasteiger charge is 2.44. The largest absolute Gasteiger partial charge is 0.507 e. The summed E-state index contributed by atoms with van der Waals surface area (Å²) in [6.07, 6.45) is -0.978. The van der Waals surface area contributed by atoms with Gasteiger partial charge in [0.05, 0.1) is 13.0 Å². The maximum Gasteiger partial charge on any atom is 0.408 e. The van der Waals surface area contributed by atoms with Crippen LogP contribution in [-0.4, -0.2) is 70.1 Å². The van der Waals surface area contributed by atoms with Crippen LogP contribution in [0.4, 0.5) is 4.79 Å². The maximum atomic E-state index is 14.3. The fraction of sp³-hybridized carbons (Fsp3) is 0.621. The normalized spacial score (nSPS) is 13.0. The fourth-order valence-corrected chi connectivity index (χ4v) is 4.02. The van der Waals surface area contributed by atoms with Gasteiger partial charge in [-0.2, -0.15) is 0 Å². The van der Waals surface area contributed by atoms with Gasteiger partial charge in [0.1, 0.15) is 23.4 Å². The van der Waals surface area contributed by atoms with Crippen LogP contribution < -0.4 is 16.4 Å². The predicted octanol–water partition coefficient (Wildman–Crippen LogP) is 2.99. The van der Waals surface area contributed by atoms with Crippen molar-refractivity contribution in [3.8, 4) is 5.75 Å². The van der Waals surface area contributed by atoms with Crippen molar-refractivity contribution < 1.29 is 38.6 Å². The van der Waals surface area contributed by atoms with Crippen LogP contribution in [0.3, 0.4) is 0 Å². The lowest BCUT2D eigenvalue weighted by Gasteiger charge is -2.44. The topological polar surface area (TPSA) is 177 Å². The van der Waals surface area contributed by atoms with Crippen LogP contribution in [0.1, 0.15) is 91.3 Å². The molecule has 2 atom stereocenters. The van der Waals surface area contributed by atoms with Gasteiger partial charge in [-0.3, -0.25) is 19.2 Å². The summed E-state index contributed by atoms with van der Waals surface area (Å²) in [6.45, 7) is 13.8. The highest BCUT2D eigenvalue weighted by molar-refractivity contribution is 5.93. The van der Waals surface area contributed by atoms with Crippen molar-refractivity contribution in [3.63, 3.8) is 0 Å². The summed E-state index contributed by atoms with van der Waals surface area (Å²) >= 11 is 0. The second-order valence-corrected chi connectivity index (χ2v) is 11.3. The van der Waals surface area contributed by atoms with E-state index in [1.165, 1.54) is 11.0 Å². The van der Waals surface area contributed by atoms with Crippen molar-refractivity contribution in [3.05, 3.63) is 29.3 Å². The van der Waals surface area contributed by atoms with E-state index >= 15 is 0 Å². The summed E-state index contributed by atoms with van der Waals surface area (Å²) in [7, 11) is 0. The molecule has 5 N–H and O–H groups in total. The van der Waals surface area contributed by atoms with Crippen LogP contribution >= 0.6 is 0 Å². The van der Waals surface area contributed by atoms with Crippen LogP contribution in [0.15, 0.2) is 18.2 Å². The Labute approximate surface area is 242 Å². The van der Waals surface area contributed by atoms with Crippen molar-refractivity contribution >= 4 is 29.8 Å². The molecule has 0 bridgehead atoms. The lowest BCUT2D eigenvalue weighted by atomic mass is 9.90. The molecule has 41 heavy (non-hydrogen) atoms. The van der Waals surface area contributed by atoms with Crippen molar-refractivity contribution in [1.82, 2.24) is 15.5 Å². The number of esters is 1. The Morgan fingerprint density at radius 1 is 1.05 bits per heavy atom. The van der Waals surface area contributed by atoms with E-state index in [4.69, 9.17) is 15.2 Å². The van der Waals surface area contributed by atoms with Gasteiger partial charge in [-0.05, 0) is 66.9 Å². The first-order valence-corrected chi connectivity index (χ1v) is 13.8. The van der Waals surface area contributed by atoms with Crippen LogP contribution in [0.25, 0.3) is 0 Å². The number of primary amides is 1. The quantitative estimate of drug-likeness (QED) is 0.243. The number of aromatic hydroxyl groups is 1. The number of carbonyl (C=O) groups is 5. The zero-order valence-electron chi connectivity index (χ0n) is 25.5. The number of hydrogen-bond donors (Lipinski definition) is 4. The molecule has 1 rings (SSSR count). The van der Waals surface area contributed by atoms with Crippen molar-refractivity contribution in [2.45, 2.75) is 104 Å². The number of amides is 4. The van der Waals surface area contributed by atoms with Gasteiger partial charge in [-0.15, -0.1) is 0 Å². The monoisotopic (exact) mass is 578 g/mol. The number of benzene rings is 1. The first kappa shape index (κ1) is 35.2. The molecule has 0 saturated carbocycles. The second kappa shape index (κ2) is 15.2. The highest BCUT2D eigenvalue weighted by atomic mass is 16.6. The van der Waals surface area contributed by atoms with E-state index in [0.29, 0.717) is 12.0 Å². The minimum absolute atomic E-state index is 0.0728. The number of rotatable bonds is 14. The Balaban J connectivity index is 3.67.